The van der Waals surface area contributed by atoms with Crippen molar-refractivity contribution < 1.29 is 0 Å². The molecule has 2 unspecified atom stereocenters. The fourth-order valence-corrected chi connectivity index (χ4v) is 7.82. The average Bonchev–Trinajstić information content (AvgIpc) is 3.53. The summed E-state index contributed by atoms with van der Waals surface area (Å²) in [7, 11) is 0. The second-order valence-electron chi connectivity index (χ2n) is 12.4. The van der Waals surface area contributed by atoms with Crippen molar-refractivity contribution >= 4 is 43.8 Å². The molecule has 9 rings (SSSR count). The van der Waals surface area contributed by atoms with Crippen LogP contribution >= 0.6 is 11.3 Å². The van der Waals surface area contributed by atoms with E-state index in [-0.39, 0.29) is 5.92 Å². The van der Waals surface area contributed by atoms with Crippen LogP contribution in [-0.2, 0) is 0 Å². The molecule has 2 atom stereocenters. The molecule has 0 radical (unpaired) electrons. The van der Waals surface area contributed by atoms with E-state index in [0.29, 0.717) is 23.4 Å². The first kappa shape index (κ1) is 28.4. The first-order chi connectivity index (χ1) is 23.7. The number of hydrogen-bond donors (Lipinski definition) is 0. The molecule has 4 nitrogen and oxygen atoms in total. The Morgan fingerprint density at radius 2 is 1.08 bits per heavy atom. The van der Waals surface area contributed by atoms with Gasteiger partial charge in [0.1, 0.15) is 4.83 Å². The Hall–Kier alpha value is -5.78. The van der Waals surface area contributed by atoms with Gasteiger partial charge >= 0.3 is 0 Å². The largest absolute Gasteiger partial charge is 0.245 e. The van der Waals surface area contributed by atoms with Crippen molar-refractivity contribution in [2.75, 3.05) is 0 Å². The molecule has 5 heteroatoms. The fraction of sp³-hybridized carbons (Fsp3) is 0.0698. The summed E-state index contributed by atoms with van der Waals surface area (Å²) in [6.45, 7) is 2.30. The molecule has 0 N–H and O–H groups in total. The molecule has 48 heavy (non-hydrogen) atoms. The molecule has 0 aliphatic heterocycles. The highest BCUT2D eigenvalue weighted by Crippen LogP contribution is 2.38. The lowest BCUT2D eigenvalue weighted by atomic mass is 9.81. The third-order valence-corrected chi connectivity index (χ3v) is 10.3. The maximum Gasteiger partial charge on any atom is 0.164 e. The van der Waals surface area contributed by atoms with E-state index in [1.165, 1.54) is 31.5 Å². The van der Waals surface area contributed by atoms with E-state index in [1.54, 1.807) is 11.3 Å². The second-order valence-corrected chi connectivity index (χ2v) is 13.4. The summed E-state index contributed by atoms with van der Waals surface area (Å²) in [6, 6.07) is 46.6. The van der Waals surface area contributed by atoms with Crippen molar-refractivity contribution in [1.82, 2.24) is 19.9 Å². The Morgan fingerprint density at radius 3 is 1.79 bits per heavy atom. The SMILES string of the molecule is CC1C=c2ccccc2=CC1c1cc(-c2cnc3sc4ccccc4c3c2)cc(-c2nc(-c3ccccc3)nc(-c3ccccc3)n2)c1. The van der Waals surface area contributed by atoms with Gasteiger partial charge in [0, 0.05) is 49.8 Å². The second kappa shape index (κ2) is 11.8. The van der Waals surface area contributed by atoms with Gasteiger partial charge in [-0.2, -0.15) is 0 Å². The number of nitrogens with zero attached hydrogens (tertiary/aromatic N) is 4. The summed E-state index contributed by atoms with van der Waals surface area (Å²) in [5.41, 5.74) is 6.24. The zero-order chi connectivity index (χ0) is 32.0. The predicted molar refractivity (Wildman–Crippen MR) is 199 cm³/mol. The van der Waals surface area contributed by atoms with Crippen LogP contribution in [0.25, 0.3) is 77.7 Å². The molecule has 0 saturated heterocycles. The van der Waals surface area contributed by atoms with Crippen molar-refractivity contribution in [2.24, 2.45) is 5.92 Å². The first-order valence-corrected chi connectivity index (χ1v) is 17.1. The Kier molecular flexibility index (Phi) is 6.98. The Morgan fingerprint density at radius 1 is 0.500 bits per heavy atom. The van der Waals surface area contributed by atoms with Crippen LogP contribution in [-0.4, -0.2) is 19.9 Å². The molecule has 0 bridgehead atoms. The van der Waals surface area contributed by atoms with Crippen molar-refractivity contribution in [3.63, 3.8) is 0 Å². The van der Waals surface area contributed by atoms with Gasteiger partial charge < -0.3 is 0 Å². The number of aromatic nitrogens is 4. The van der Waals surface area contributed by atoms with Gasteiger partial charge in [0.15, 0.2) is 17.5 Å². The summed E-state index contributed by atoms with van der Waals surface area (Å²) in [5, 5.41) is 4.96. The molecule has 228 valence electrons. The molecule has 8 aromatic rings. The third kappa shape index (κ3) is 5.19. The lowest BCUT2D eigenvalue weighted by Crippen LogP contribution is -2.31. The molecule has 3 aromatic heterocycles. The van der Waals surface area contributed by atoms with Gasteiger partial charge in [0.2, 0.25) is 0 Å². The van der Waals surface area contributed by atoms with Crippen molar-refractivity contribution in [3.05, 3.63) is 156 Å². The van der Waals surface area contributed by atoms with Gasteiger partial charge in [-0.1, -0.05) is 128 Å². The summed E-state index contributed by atoms with van der Waals surface area (Å²) >= 11 is 1.74. The van der Waals surface area contributed by atoms with E-state index in [4.69, 9.17) is 19.9 Å². The number of benzene rings is 5. The van der Waals surface area contributed by atoms with Gasteiger partial charge in [-0.05, 0) is 51.7 Å². The number of rotatable bonds is 5. The van der Waals surface area contributed by atoms with Crippen molar-refractivity contribution in [2.45, 2.75) is 12.8 Å². The Bertz CT molecular complexity index is 2540. The number of hydrogen-bond acceptors (Lipinski definition) is 5. The Balaban J connectivity index is 1.27. The summed E-state index contributed by atoms with van der Waals surface area (Å²) in [5.74, 6) is 2.44. The maximum absolute atomic E-state index is 5.10. The van der Waals surface area contributed by atoms with Crippen LogP contribution in [0.15, 0.2) is 140 Å². The van der Waals surface area contributed by atoms with Crippen molar-refractivity contribution in [3.8, 4) is 45.3 Å². The molecule has 0 spiro atoms. The number of fused-ring (bicyclic) bond motifs is 4. The molecule has 3 heterocycles. The maximum atomic E-state index is 5.10. The van der Waals surface area contributed by atoms with Crippen LogP contribution in [0.4, 0.5) is 0 Å². The first-order valence-electron chi connectivity index (χ1n) is 16.2. The fourth-order valence-electron chi connectivity index (χ4n) is 6.79. The average molecular weight is 635 g/mol. The van der Waals surface area contributed by atoms with Crippen LogP contribution in [0.3, 0.4) is 0 Å². The molecule has 0 saturated carbocycles. The van der Waals surface area contributed by atoms with Crippen LogP contribution in [0.2, 0.25) is 0 Å². The summed E-state index contributed by atoms with van der Waals surface area (Å²) in [4.78, 5) is 21.2. The smallest absolute Gasteiger partial charge is 0.164 e. The zero-order valence-electron chi connectivity index (χ0n) is 26.3. The standard InChI is InChI=1S/C43H30N4S/c1-27-20-30-16-8-9-17-31(30)24-37(27)33-21-32(35-25-38-36-18-10-11-19-39(36)48-43(38)44-26-35)22-34(23-33)42-46-40(28-12-4-2-5-13-28)45-41(47-42)29-14-6-3-7-15-29/h2-27,37H,1H3. The lowest BCUT2D eigenvalue weighted by molar-refractivity contribution is 0.694. The number of pyridine rings is 1. The van der Waals surface area contributed by atoms with Crippen LogP contribution in [0.5, 0.6) is 0 Å². The summed E-state index contributed by atoms with van der Waals surface area (Å²) < 4.78 is 1.25. The van der Waals surface area contributed by atoms with Crippen molar-refractivity contribution in [1.29, 1.82) is 0 Å². The molecule has 1 aliphatic rings. The molecule has 1 aliphatic carbocycles. The quantitative estimate of drug-likeness (QED) is 0.189. The minimum Gasteiger partial charge on any atom is -0.245 e. The van der Waals surface area contributed by atoms with E-state index in [0.717, 1.165) is 32.6 Å². The van der Waals surface area contributed by atoms with E-state index in [1.807, 2.05) is 66.9 Å². The zero-order valence-corrected chi connectivity index (χ0v) is 27.1. The molecular weight excluding hydrogens is 605 g/mol. The van der Waals surface area contributed by atoms with Gasteiger partial charge in [0.25, 0.3) is 0 Å². The van der Waals surface area contributed by atoms with Crippen LogP contribution in [0, 0.1) is 5.92 Å². The number of thiophene rings is 1. The normalized spacial score (nSPS) is 15.5. The van der Waals surface area contributed by atoms with E-state index >= 15 is 0 Å². The monoisotopic (exact) mass is 634 g/mol. The minimum atomic E-state index is 0.182. The van der Waals surface area contributed by atoms with Crippen LogP contribution in [0.1, 0.15) is 18.4 Å². The van der Waals surface area contributed by atoms with E-state index in [9.17, 15) is 0 Å². The van der Waals surface area contributed by atoms with Gasteiger partial charge in [-0.15, -0.1) is 11.3 Å². The Labute approximate surface area is 282 Å². The third-order valence-electron chi connectivity index (χ3n) is 9.23. The minimum absolute atomic E-state index is 0.182. The van der Waals surface area contributed by atoms with E-state index < -0.39 is 0 Å². The molecule has 0 fully saturated rings. The highest BCUT2D eigenvalue weighted by atomic mass is 32.1. The molecule has 0 amide bonds. The molecule has 5 aromatic carbocycles. The van der Waals surface area contributed by atoms with Crippen LogP contribution < -0.4 is 10.4 Å². The highest BCUT2D eigenvalue weighted by molar-refractivity contribution is 7.25. The molecular formula is C43H30N4S. The topological polar surface area (TPSA) is 51.6 Å². The lowest BCUT2D eigenvalue weighted by Gasteiger charge is -2.23. The van der Waals surface area contributed by atoms with Gasteiger partial charge in [-0.25, -0.2) is 19.9 Å². The predicted octanol–water partition coefficient (Wildman–Crippen LogP) is 9.30. The van der Waals surface area contributed by atoms with Gasteiger partial charge in [-0.3, -0.25) is 0 Å². The van der Waals surface area contributed by atoms with E-state index in [2.05, 4.69) is 91.9 Å². The summed E-state index contributed by atoms with van der Waals surface area (Å²) in [6.07, 6.45) is 6.81. The highest BCUT2D eigenvalue weighted by Gasteiger charge is 2.22. The van der Waals surface area contributed by atoms with Gasteiger partial charge in [0.05, 0.1) is 0 Å².